The quantitative estimate of drug-likeness (QED) is 0.774. The molecule has 0 unspecified atom stereocenters. The van der Waals surface area contributed by atoms with Crippen molar-refractivity contribution in [3.8, 4) is 0 Å². The topological polar surface area (TPSA) is 56.7 Å². The van der Waals surface area contributed by atoms with Gasteiger partial charge in [0.05, 0.1) is 12.7 Å². The molecule has 5 nitrogen and oxygen atoms in total. The molecule has 0 aliphatic heterocycles. The molecule has 6 heteroatoms. The molecule has 0 saturated heterocycles. The van der Waals surface area contributed by atoms with Gasteiger partial charge >= 0.3 is 0 Å². The summed E-state index contributed by atoms with van der Waals surface area (Å²) in [4.78, 5) is 0. The van der Waals surface area contributed by atoms with E-state index in [1.54, 1.807) is 16.8 Å². The minimum atomic E-state index is 0.373. The summed E-state index contributed by atoms with van der Waals surface area (Å²) >= 11 is 5.87. The van der Waals surface area contributed by atoms with E-state index in [0.29, 0.717) is 11.8 Å². The van der Waals surface area contributed by atoms with Crippen LogP contribution in [0.2, 0.25) is 5.28 Å². The van der Waals surface area contributed by atoms with Crippen LogP contribution in [0.5, 0.6) is 0 Å². The maximum Gasteiger partial charge on any atom is 0.225 e. The van der Waals surface area contributed by atoms with E-state index in [-0.39, 0.29) is 0 Å². The highest BCUT2D eigenvalue weighted by Crippen LogP contribution is 2.11. The van der Waals surface area contributed by atoms with E-state index in [4.69, 9.17) is 16.1 Å². The molecular weight excluding hydrogens is 204 g/mol. The van der Waals surface area contributed by atoms with Crippen molar-refractivity contribution in [2.75, 3.05) is 0 Å². The molecule has 0 bridgehead atoms. The van der Waals surface area contributed by atoms with Crippen LogP contribution in [0.25, 0.3) is 0 Å². The number of hydrogen-bond donors (Lipinski definition) is 0. The zero-order chi connectivity index (χ0) is 9.97. The molecule has 0 aliphatic rings. The van der Waals surface area contributed by atoms with Gasteiger partial charge in [0.1, 0.15) is 5.82 Å². The third kappa shape index (κ3) is 1.63. The van der Waals surface area contributed by atoms with Crippen molar-refractivity contribution < 1.29 is 4.52 Å². The van der Waals surface area contributed by atoms with Crippen LogP contribution in [-0.4, -0.2) is 19.9 Å². The van der Waals surface area contributed by atoms with E-state index in [0.717, 1.165) is 18.0 Å². The smallest absolute Gasteiger partial charge is 0.225 e. The lowest BCUT2D eigenvalue weighted by atomic mass is 10.4. The summed E-state index contributed by atoms with van der Waals surface area (Å²) in [5.74, 6) is 1.58. The van der Waals surface area contributed by atoms with Crippen molar-refractivity contribution in [1.29, 1.82) is 0 Å². The van der Waals surface area contributed by atoms with Crippen molar-refractivity contribution in [3.05, 3.63) is 29.1 Å². The van der Waals surface area contributed by atoms with E-state index in [9.17, 15) is 0 Å². The molecule has 0 atom stereocenters. The standard InChI is InChI=1S/C8H9ClN4O/c1-2-7-11-12-8(9)13(7)5-6-3-4-10-14-6/h3-4H,2,5H2,1H3. The summed E-state index contributed by atoms with van der Waals surface area (Å²) < 4.78 is 6.77. The number of aryl methyl sites for hydroxylation is 1. The summed E-state index contributed by atoms with van der Waals surface area (Å²) in [5, 5.41) is 11.7. The minimum Gasteiger partial charge on any atom is -0.359 e. The summed E-state index contributed by atoms with van der Waals surface area (Å²) in [6.07, 6.45) is 2.38. The van der Waals surface area contributed by atoms with Crippen LogP contribution >= 0.6 is 11.6 Å². The van der Waals surface area contributed by atoms with Crippen LogP contribution in [0.15, 0.2) is 16.8 Å². The molecule has 2 aromatic heterocycles. The first-order valence-electron chi connectivity index (χ1n) is 4.28. The summed E-state index contributed by atoms with van der Waals surface area (Å²) in [7, 11) is 0. The third-order valence-corrected chi connectivity index (χ3v) is 2.18. The maximum atomic E-state index is 5.87. The Hall–Kier alpha value is -1.36. The van der Waals surface area contributed by atoms with Crippen molar-refractivity contribution in [1.82, 2.24) is 19.9 Å². The average Bonchev–Trinajstić information content (AvgIpc) is 2.79. The molecule has 0 radical (unpaired) electrons. The molecule has 2 heterocycles. The van der Waals surface area contributed by atoms with Crippen molar-refractivity contribution in [2.24, 2.45) is 0 Å². The number of halogens is 1. The maximum absolute atomic E-state index is 5.87. The molecule has 0 fully saturated rings. The molecule has 2 aromatic rings. The highest BCUT2D eigenvalue weighted by Gasteiger charge is 2.10. The van der Waals surface area contributed by atoms with Gasteiger partial charge in [-0.15, -0.1) is 10.2 Å². The lowest BCUT2D eigenvalue weighted by Gasteiger charge is -2.02. The van der Waals surface area contributed by atoms with E-state index in [1.165, 1.54) is 0 Å². The van der Waals surface area contributed by atoms with Crippen LogP contribution in [0, 0.1) is 0 Å². The first-order valence-corrected chi connectivity index (χ1v) is 4.66. The summed E-state index contributed by atoms with van der Waals surface area (Å²) in [6.45, 7) is 2.52. The Morgan fingerprint density at radius 3 is 3.00 bits per heavy atom. The molecule has 74 valence electrons. The van der Waals surface area contributed by atoms with Gasteiger partial charge in [-0.2, -0.15) is 0 Å². The zero-order valence-corrected chi connectivity index (χ0v) is 8.40. The normalized spacial score (nSPS) is 10.7. The lowest BCUT2D eigenvalue weighted by Crippen LogP contribution is -2.03. The van der Waals surface area contributed by atoms with Gasteiger partial charge in [0.15, 0.2) is 5.76 Å². The molecule has 0 saturated carbocycles. The second-order valence-corrected chi connectivity index (χ2v) is 3.14. The molecule has 2 rings (SSSR count). The Bertz CT molecular complexity index is 409. The first kappa shape index (κ1) is 9.21. The Kier molecular flexibility index (Phi) is 2.49. The second-order valence-electron chi connectivity index (χ2n) is 2.80. The average molecular weight is 213 g/mol. The van der Waals surface area contributed by atoms with Gasteiger partial charge in [-0.3, -0.25) is 4.57 Å². The van der Waals surface area contributed by atoms with Gasteiger partial charge in [-0.05, 0) is 11.6 Å². The predicted molar refractivity (Wildman–Crippen MR) is 50.0 cm³/mol. The van der Waals surface area contributed by atoms with Crippen LogP contribution in [0.1, 0.15) is 18.5 Å². The fraction of sp³-hybridized carbons (Fsp3) is 0.375. The molecular formula is C8H9ClN4O. The SMILES string of the molecule is CCc1nnc(Cl)n1Cc1ccno1. The summed E-state index contributed by atoms with van der Waals surface area (Å²) in [6, 6.07) is 1.79. The second kappa shape index (κ2) is 3.79. The molecule has 14 heavy (non-hydrogen) atoms. The van der Waals surface area contributed by atoms with Gasteiger partial charge in [0, 0.05) is 12.5 Å². The van der Waals surface area contributed by atoms with Gasteiger partial charge in [0.2, 0.25) is 5.28 Å². The van der Waals surface area contributed by atoms with Crippen LogP contribution in [0.3, 0.4) is 0 Å². The number of hydrogen-bond acceptors (Lipinski definition) is 4. The Balaban J connectivity index is 2.27. The van der Waals surface area contributed by atoms with Gasteiger partial charge in [-0.1, -0.05) is 12.1 Å². The fourth-order valence-corrected chi connectivity index (χ4v) is 1.41. The lowest BCUT2D eigenvalue weighted by molar-refractivity contribution is 0.375. The largest absolute Gasteiger partial charge is 0.359 e. The van der Waals surface area contributed by atoms with Crippen LogP contribution in [0.4, 0.5) is 0 Å². The van der Waals surface area contributed by atoms with Gasteiger partial charge in [-0.25, -0.2) is 0 Å². The number of nitrogens with zero attached hydrogens (tertiary/aromatic N) is 4. The van der Waals surface area contributed by atoms with Gasteiger partial charge < -0.3 is 4.52 Å². The predicted octanol–water partition coefficient (Wildman–Crippen LogP) is 1.53. The van der Waals surface area contributed by atoms with Crippen molar-refractivity contribution in [3.63, 3.8) is 0 Å². The highest BCUT2D eigenvalue weighted by molar-refractivity contribution is 6.28. The Morgan fingerprint density at radius 1 is 1.50 bits per heavy atom. The highest BCUT2D eigenvalue weighted by atomic mass is 35.5. The Morgan fingerprint density at radius 2 is 2.36 bits per heavy atom. The molecule has 0 N–H and O–H groups in total. The minimum absolute atomic E-state index is 0.373. The molecule has 0 spiro atoms. The molecule has 0 aliphatic carbocycles. The monoisotopic (exact) mass is 212 g/mol. The van der Waals surface area contributed by atoms with E-state index >= 15 is 0 Å². The van der Waals surface area contributed by atoms with Crippen LogP contribution < -0.4 is 0 Å². The third-order valence-electron chi connectivity index (χ3n) is 1.90. The summed E-state index contributed by atoms with van der Waals surface area (Å²) in [5.41, 5.74) is 0. The zero-order valence-electron chi connectivity index (χ0n) is 7.64. The van der Waals surface area contributed by atoms with Crippen LogP contribution in [-0.2, 0) is 13.0 Å². The first-order chi connectivity index (χ1) is 6.81. The van der Waals surface area contributed by atoms with Crippen molar-refractivity contribution >= 4 is 11.6 Å². The number of rotatable bonds is 3. The van der Waals surface area contributed by atoms with E-state index in [1.807, 2.05) is 6.92 Å². The van der Waals surface area contributed by atoms with E-state index < -0.39 is 0 Å². The van der Waals surface area contributed by atoms with E-state index in [2.05, 4.69) is 15.4 Å². The molecule has 0 amide bonds. The molecule has 0 aromatic carbocycles. The van der Waals surface area contributed by atoms with Gasteiger partial charge in [0.25, 0.3) is 0 Å². The Labute approximate surface area is 85.7 Å². The number of aromatic nitrogens is 4. The van der Waals surface area contributed by atoms with Crippen molar-refractivity contribution in [2.45, 2.75) is 19.9 Å². The fourth-order valence-electron chi connectivity index (χ4n) is 1.21.